The van der Waals surface area contributed by atoms with E-state index in [1.54, 1.807) is 0 Å². The Morgan fingerprint density at radius 2 is 1.18 bits per heavy atom. The Kier molecular flexibility index (Phi) is 17.1. The molecule has 0 aliphatic rings. The van der Waals surface area contributed by atoms with Crippen molar-refractivity contribution in [3.8, 4) is 0 Å². The van der Waals surface area contributed by atoms with E-state index < -0.39 is 0 Å². The Bertz CT molecular complexity index is 292. The van der Waals surface area contributed by atoms with Gasteiger partial charge in [0.25, 0.3) is 0 Å². The highest BCUT2D eigenvalue weighted by Gasteiger charge is 1.92. The van der Waals surface area contributed by atoms with Gasteiger partial charge in [0.1, 0.15) is 0 Å². The summed E-state index contributed by atoms with van der Waals surface area (Å²) in [5.74, 6) is -0.189. The third-order valence-electron chi connectivity index (χ3n) is 3.65. The van der Waals surface area contributed by atoms with Crippen LogP contribution in [-0.2, 0) is 9.53 Å². The maximum absolute atomic E-state index is 10.6. The van der Waals surface area contributed by atoms with Crippen molar-refractivity contribution < 1.29 is 9.53 Å². The average Bonchev–Trinajstić information content (AvgIpc) is 2.50. The molecule has 0 heterocycles. The summed E-state index contributed by atoms with van der Waals surface area (Å²) in [5, 5.41) is 0. The van der Waals surface area contributed by atoms with Crippen molar-refractivity contribution in [3.05, 3.63) is 24.3 Å². The predicted octanol–water partition coefficient (Wildman–Crippen LogP) is 6.36. The molecule has 0 aliphatic carbocycles. The highest BCUT2D eigenvalue weighted by atomic mass is 16.5. The van der Waals surface area contributed by atoms with E-state index in [1.807, 2.05) is 0 Å². The van der Waals surface area contributed by atoms with Crippen LogP contribution in [0.3, 0.4) is 0 Å². The van der Waals surface area contributed by atoms with Gasteiger partial charge in [-0.1, -0.05) is 69.8 Å². The summed E-state index contributed by atoms with van der Waals surface area (Å²) in [6.45, 7) is 4.16. The zero-order valence-electron chi connectivity index (χ0n) is 14.8. The molecule has 0 amide bonds. The highest BCUT2D eigenvalue weighted by Crippen LogP contribution is 2.11. The molecule has 2 heteroatoms. The molecule has 0 radical (unpaired) electrons. The van der Waals surface area contributed by atoms with Crippen LogP contribution in [0.2, 0.25) is 0 Å². The summed E-state index contributed by atoms with van der Waals surface area (Å²) in [7, 11) is 0. The maximum atomic E-state index is 10.6. The first-order valence-corrected chi connectivity index (χ1v) is 9.20. The van der Waals surface area contributed by atoms with Gasteiger partial charge in [0, 0.05) is 6.92 Å². The average molecular weight is 309 g/mol. The lowest BCUT2D eigenvalue weighted by Crippen LogP contribution is -1.98. The molecule has 0 aromatic heterocycles. The Morgan fingerprint density at radius 3 is 1.68 bits per heavy atom. The molecular weight excluding hydrogens is 272 g/mol. The van der Waals surface area contributed by atoms with E-state index in [0.29, 0.717) is 6.61 Å². The Morgan fingerprint density at radius 1 is 0.727 bits per heavy atom. The van der Waals surface area contributed by atoms with Gasteiger partial charge in [-0.3, -0.25) is 4.79 Å². The van der Waals surface area contributed by atoms with E-state index in [-0.39, 0.29) is 5.97 Å². The first kappa shape index (κ1) is 20.9. The second kappa shape index (κ2) is 18.0. The lowest BCUT2D eigenvalue weighted by molar-refractivity contribution is -0.140. The largest absolute Gasteiger partial charge is 0.466 e. The third-order valence-corrected chi connectivity index (χ3v) is 3.65. The van der Waals surface area contributed by atoms with Crippen molar-refractivity contribution in [3.63, 3.8) is 0 Å². The maximum Gasteiger partial charge on any atom is 0.302 e. The monoisotopic (exact) mass is 308 g/mol. The molecule has 0 saturated heterocycles. The second-order valence-electron chi connectivity index (χ2n) is 5.89. The Labute approximate surface area is 138 Å². The quantitative estimate of drug-likeness (QED) is 0.200. The number of carbonyl (C=O) groups is 1. The summed E-state index contributed by atoms with van der Waals surface area (Å²) in [5.41, 5.74) is 0. The summed E-state index contributed by atoms with van der Waals surface area (Å²) in [4.78, 5) is 10.6. The van der Waals surface area contributed by atoms with Gasteiger partial charge in [-0.05, 0) is 38.5 Å². The molecule has 0 bridgehead atoms. The first-order chi connectivity index (χ1) is 10.8. The number of allylic oxidation sites excluding steroid dienone is 3. The number of rotatable bonds is 15. The molecule has 128 valence electrons. The van der Waals surface area contributed by atoms with E-state index >= 15 is 0 Å². The van der Waals surface area contributed by atoms with E-state index in [1.165, 1.54) is 71.1 Å². The van der Waals surface area contributed by atoms with Crippen LogP contribution in [-0.4, -0.2) is 12.6 Å². The van der Waals surface area contributed by atoms with Gasteiger partial charge >= 0.3 is 5.97 Å². The van der Waals surface area contributed by atoms with Gasteiger partial charge in [-0.25, -0.2) is 0 Å². The molecule has 2 nitrogen and oxygen atoms in total. The van der Waals surface area contributed by atoms with Crippen LogP contribution in [0.15, 0.2) is 24.3 Å². The molecule has 0 atom stereocenters. The Balaban J connectivity index is 3.09. The number of hydrogen-bond donors (Lipinski definition) is 0. The second-order valence-corrected chi connectivity index (χ2v) is 5.89. The minimum Gasteiger partial charge on any atom is -0.466 e. The molecule has 0 rings (SSSR count). The zero-order chi connectivity index (χ0) is 16.3. The highest BCUT2D eigenvalue weighted by molar-refractivity contribution is 5.65. The van der Waals surface area contributed by atoms with E-state index in [4.69, 9.17) is 4.74 Å². The molecule has 0 aromatic carbocycles. The molecule has 22 heavy (non-hydrogen) atoms. The number of carbonyl (C=O) groups excluding carboxylic acids is 1. The third kappa shape index (κ3) is 18.9. The van der Waals surface area contributed by atoms with Gasteiger partial charge in [0.2, 0.25) is 0 Å². The zero-order valence-corrected chi connectivity index (χ0v) is 14.8. The Hall–Kier alpha value is -1.05. The fraction of sp³-hybridized carbons (Fsp3) is 0.750. The molecule has 0 spiro atoms. The van der Waals surface area contributed by atoms with Crippen LogP contribution in [0.4, 0.5) is 0 Å². The van der Waals surface area contributed by atoms with Crippen molar-refractivity contribution >= 4 is 5.97 Å². The topological polar surface area (TPSA) is 26.3 Å². The van der Waals surface area contributed by atoms with Crippen molar-refractivity contribution in [2.75, 3.05) is 6.61 Å². The molecular formula is C20H36O2. The molecule has 0 unspecified atom stereocenters. The fourth-order valence-electron chi connectivity index (χ4n) is 2.38. The number of esters is 1. The van der Waals surface area contributed by atoms with Crippen LogP contribution in [0.1, 0.15) is 90.9 Å². The van der Waals surface area contributed by atoms with Crippen LogP contribution in [0.25, 0.3) is 0 Å². The number of hydrogen-bond acceptors (Lipinski definition) is 2. The number of unbranched alkanes of at least 4 members (excludes halogenated alkanes) is 9. The van der Waals surface area contributed by atoms with Gasteiger partial charge in [0.15, 0.2) is 0 Å². The van der Waals surface area contributed by atoms with Crippen molar-refractivity contribution in [2.45, 2.75) is 90.9 Å². The lowest BCUT2D eigenvalue weighted by atomic mass is 10.1. The summed E-state index contributed by atoms with van der Waals surface area (Å²) < 4.78 is 4.87. The van der Waals surface area contributed by atoms with Crippen LogP contribution in [0.5, 0.6) is 0 Å². The minimum atomic E-state index is -0.189. The summed E-state index contributed by atoms with van der Waals surface area (Å²) in [6, 6.07) is 0. The number of ether oxygens (including phenoxy) is 1. The predicted molar refractivity (Wildman–Crippen MR) is 96.0 cm³/mol. The van der Waals surface area contributed by atoms with E-state index in [0.717, 1.165) is 12.8 Å². The first-order valence-electron chi connectivity index (χ1n) is 9.20. The van der Waals surface area contributed by atoms with Crippen molar-refractivity contribution in [2.24, 2.45) is 0 Å². The minimum absolute atomic E-state index is 0.189. The van der Waals surface area contributed by atoms with Crippen molar-refractivity contribution in [1.29, 1.82) is 0 Å². The SMILES string of the molecule is CCC=CCCCCCCCCCC/C=C\CCOC(C)=O. The molecule has 0 fully saturated rings. The molecule has 0 saturated carbocycles. The van der Waals surface area contributed by atoms with Crippen LogP contribution >= 0.6 is 0 Å². The van der Waals surface area contributed by atoms with Gasteiger partial charge < -0.3 is 4.74 Å². The van der Waals surface area contributed by atoms with Gasteiger partial charge in [-0.2, -0.15) is 0 Å². The van der Waals surface area contributed by atoms with E-state index in [9.17, 15) is 4.79 Å². The van der Waals surface area contributed by atoms with Gasteiger partial charge in [0.05, 0.1) is 6.61 Å². The van der Waals surface area contributed by atoms with E-state index in [2.05, 4.69) is 31.2 Å². The molecule has 0 aromatic rings. The normalized spacial score (nSPS) is 11.5. The van der Waals surface area contributed by atoms with Crippen LogP contribution in [0, 0.1) is 0 Å². The van der Waals surface area contributed by atoms with Crippen molar-refractivity contribution in [1.82, 2.24) is 0 Å². The van der Waals surface area contributed by atoms with Crippen LogP contribution < -0.4 is 0 Å². The van der Waals surface area contributed by atoms with Gasteiger partial charge in [-0.15, -0.1) is 0 Å². The smallest absolute Gasteiger partial charge is 0.302 e. The lowest BCUT2D eigenvalue weighted by Gasteiger charge is -2.01. The molecule has 0 aliphatic heterocycles. The summed E-state index contributed by atoms with van der Waals surface area (Å²) >= 11 is 0. The molecule has 0 N–H and O–H groups in total. The fourth-order valence-corrected chi connectivity index (χ4v) is 2.38. The summed E-state index contributed by atoms with van der Waals surface area (Å²) in [6.07, 6.45) is 24.3. The standard InChI is InChI=1S/C20H36O2/c1-3-4-5-6-7-8-9-10-11-12-13-14-15-16-17-18-19-22-20(2)21/h4-5,16-17H,3,6-15,18-19H2,1-2H3/b5-4?,17-16-.